The minimum atomic E-state index is -3.10. The van der Waals surface area contributed by atoms with Crippen molar-refractivity contribution in [3.8, 4) is 0 Å². The van der Waals surface area contributed by atoms with Gasteiger partial charge in [0.15, 0.2) is 0 Å². The molecular weight excluding hydrogens is 282 g/mol. The summed E-state index contributed by atoms with van der Waals surface area (Å²) in [5.74, 6) is -1.11. The maximum atomic E-state index is 12.1. The zero-order valence-corrected chi connectivity index (χ0v) is 12.9. The highest BCUT2D eigenvalue weighted by Crippen LogP contribution is 2.44. The van der Waals surface area contributed by atoms with E-state index in [1.807, 2.05) is 0 Å². The van der Waals surface area contributed by atoms with E-state index in [0.29, 0.717) is 0 Å². The Labute approximate surface area is 120 Å². The Morgan fingerprint density at radius 3 is 2.20 bits per heavy atom. The van der Waals surface area contributed by atoms with Gasteiger partial charge in [0.05, 0.1) is 12.2 Å². The van der Waals surface area contributed by atoms with Crippen molar-refractivity contribution in [2.45, 2.75) is 38.5 Å². The number of aliphatic carboxylic acids is 1. The van der Waals surface area contributed by atoms with E-state index in [2.05, 4.69) is 0 Å². The summed E-state index contributed by atoms with van der Waals surface area (Å²) in [6.07, 6.45) is 4.75. The molecular formula is C13H23NO5S. The summed E-state index contributed by atoms with van der Waals surface area (Å²) in [4.78, 5) is 24.5. The van der Waals surface area contributed by atoms with Crippen LogP contribution in [0.3, 0.4) is 0 Å². The molecule has 7 heteroatoms. The van der Waals surface area contributed by atoms with Crippen LogP contribution in [-0.4, -0.2) is 55.9 Å². The minimum Gasteiger partial charge on any atom is -0.481 e. The molecule has 0 spiro atoms. The molecule has 1 rings (SSSR count). The topological polar surface area (TPSA) is 91.8 Å². The van der Waals surface area contributed by atoms with Crippen LogP contribution in [0.25, 0.3) is 0 Å². The highest BCUT2D eigenvalue weighted by molar-refractivity contribution is 7.90. The molecule has 0 aromatic rings. The molecule has 0 atom stereocenters. The van der Waals surface area contributed by atoms with Crippen LogP contribution in [0, 0.1) is 5.41 Å². The van der Waals surface area contributed by atoms with Gasteiger partial charge in [-0.2, -0.15) is 0 Å². The molecule has 20 heavy (non-hydrogen) atoms. The van der Waals surface area contributed by atoms with Gasteiger partial charge in [0.2, 0.25) is 5.91 Å². The fourth-order valence-electron chi connectivity index (χ4n) is 2.75. The SMILES string of the molecule is CN(CCS(C)(=O)=O)C(=O)CC1(CC(=O)O)CCCC1. The maximum absolute atomic E-state index is 12.1. The molecule has 0 bridgehead atoms. The summed E-state index contributed by atoms with van der Waals surface area (Å²) in [6, 6.07) is 0. The third-order valence-corrected chi connectivity index (χ3v) is 4.86. The van der Waals surface area contributed by atoms with Crippen molar-refractivity contribution in [1.29, 1.82) is 0 Å². The Morgan fingerprint density at radius 2 is 1.75 bits per heavy atom. The van der Waals surface area contributed by atoms with Gasteiger partial charge in [-0.3, -0.25) is 9.59 Å². The first-order valence-corrected chi connectivity index (χ1v) is 8.83. The molecule has 1 fully saturated rings. The molecule has 0 heterocycles. The van der Waals surface area contributed by atoms with Crippen molar-refractivity contribution >= 4 is 21.7 Å². The summed E-state index contributed by atoms with van der Waals surface area (Å²) in [5, 5.41) is 9.00. The van der Waals surface area contributed by atoms with Crippen LogP contribution < -0.4 is 0 Å². The number of nitrogens with zero attached hydrogens (tertiary/aromatic N) is 1. The zero-order chi connectivity index (χ0) is 15.4. The highest BCUT2D eigenvalue weighted by Gasteiger charge is 2.38. The molecule has 1 aliphatic carbocycles. The zero-order valence-electron chi connectivity index (χ0n) is 12.1. The molecule has 0 radical (unpaired) electrons. The lowest BCUT2D eigenvalue weighted by atomic mass is 9.79. The number of carbonyl (C=O) groups is 2. The normalized spacial score (nSPS) is 17.9. The Hall–Kier alpha value is -1.11. The van der Waals surface area contributed by atoms with E-state index in [9.17, 15) is 18.0 Å². The third kappa shape index (κ3) is 5.48. The lowest BCUT2D eigenvalue weighted by Crippen LogP contribution is -2.36. The van der Waals surface area contributed by atoms with Gasteiger partial charge >= 0.3 is 5.97 Å². The van der Waals surface area contributed by atoms with Gasteiger partial charge < -0.3 is 10.0 Å². The van der Waals surface area contributed by atoms with Crippen molar-refractivity contribution in [1.82, 2.24) is 4.90 Å². The monoisotopic (exact) mass is 305 g/mol. The second-order valence-electron chi connectivity index (χ2n) is 5.90. The largest absolute Gasteiger partial charge is 0.481 e. The van der Waals surface area contributed by atoms with Crippen LogP contribution in [0.5, 0.6) is 0 Å². The Balaban J connectivity index is 2.60. The summed E-state index contributed by atoms with van der Waals surface area (Å²) in [5.41, 5.74) is -0.442. The summed E-state index contributed by atoms with van der Waals surface area (Å²) >= 11 is 0. The third-order valence-electron chi connectivity index (χ3n) is 3.94. The first-order valence-electron chi connectivity index (χ1n) is 6.77. The fourth-order valence-corrected chi connectivity index (χ4v) is 3.35. The Morgan fingerprint density at radius 1 is 1.20 bits per heavy atom. The molecule has 116 valence electrons. The van der Waals surface area contributed by atoms with Crippen molar-refractivity contribution in [2.75, 3.05) is 25.6 Å². The molecule has 6 nitrogen and oxygen atoms in total. The van der Waals surface area contributed by atoms with Gasteiger partial charge in [0, 0.05) is 26.3 Å². The molecule has 1 aliphatic rings. The second-order valence-corrected chi connectivity index (χ2v) is 8.16. The first-order chi connectivity index (χ1) is 9.14. The number of sulfone groups is 1. The Kier molecular flexibility index (Phi) is 5.56. The van der Waals surface area contributed by atoms with Crippen LogP contribution in [0.15, 0.2) is 0 Å². The molecule has 1 amide bonds. The first kappa shape index (κ1) is 16.9. The van der Waals surface area contributed by atoms with Crippen LogP contribution in [0.2, 0.25) is 0 Å². The van der Waals surface area contributed by atoms with Gasteiger partial charge in [-0.25, -0.2) is 8.42 Å². The van der Waals surface area contributed by atoms with E-state index in [0.717, 1.165) is 31.9 Å². The molecule has 0 saturated heterocycles. The van der Waals surface area contributed by atoms with Crippen molar-refractivity contribution in [3.63, 3.8) is 0 Å². The van der Waals surface area contributed by atoms with Gasteiger partial charge in [-0.1, -0.05) is 12.8 Å². The van der Waals surface area contributed by atoms with Crippen LogP contribution in [-0.2, 0) is 19.4 Å². The van der Waals surface area contributed by atoms with Gasteiger partial charge in [0.1, 0.15) is 9.84 Å². The summed E-state index contributed by atoms with van der Waals surface area (Å²) in [7, 11) is -1.54. The lowest BCUT2D eigenvalue weighted by molar-refractivity contribution is -0.141. The quantitative estimate of drug-likeness (QED) is 0.755. The predicted molar refractivity (Wildman–Crippen MR) is 75.1 cm³/mol. The number of carboxylic acids is 1. The Bertz CT molecular complexity index is 465. The van der Waals surface area contributed by atoms with E-state index < -0.39 is 21.2 Å². The van der Waals surface area contributed by atoms with Crippen LogP contribution in [0.4, 0.5) is 0 Å². The van der Waals surface area contributed by atoms with Crippen molar-refractivity contribution < 1.29 is 23.1 Å². The lowest BCUT2D eigenvalue weighted by Gasteiger charge is -2.29. The summed E-state index contributed by atoms with van der Waals surface area (Å²) < 4.78 is 22.2. The number of hydrogen-bond acceptors (Lipinski definition) is 4. The molecule has 1 N–H and O–H groups in total. The highest BCUT2D eigenvalue weighted by atomic mass is 32.2. The molecule has 0 unspecified atom stereocenters. The number of carbonyl (C=O) groups excluding carboxylic acids is 1. The average molecular weight is 305 g/mol. The van der Waals surface area contributed by atoms with Crippen molar-refractivity contribution in [3.05, 3.63) is 0 Å². The number of carboxylic acid groups (broad SMARTS) is 1. The average Bonchev–Trinajstić information content (AvgIpc) is 2.72. The second kappa shape index (κ2) is 6.56. The van der Waals surface area contributed by atoms with Crippen molar-refractivity contribution in [2.24, 2.45) is 5.41 Å². The van der Waals surface area contributed by atoms with Crippen LogP contribution >= 0.6 is 0 Å². The number of amides is 1. The number of rotatable bonds is 7. The fraction of sp³-hybridized carbons (Fsp3) is 0.846. The minimum absolute atomic E-state index is 0.0126. The smallest absolute Gasteiger partial charge is 0.303 e. The van der Waals surface area contributed by atoms with Gasteiger partial charge in [-0.15, -0.1) is 0 Å². The van der Waals surface area contributed by atoms with Crippen LogP contribution in [0.1, 0.15) is 38.5 Å². The van der Waals surface area contributed by atoms with E-state index in [4.69, 9.17) is 5.11 Å². The van der Waals surface area contributed by atoms with Gasteiger partial charge in [-0.05, 0) is 18.3 Å². The van der Waals surface area contributed by atoms with E-state index in [1.54, 1.807) is 7.05 Å². The van der Waals surface area contributed by atoms with E-state index in [1.165, 1.54) is 4.90 Å². The summed E-state index contributed by atoms with van der Waals surface area (Å²) in [6.45, 7) is 0.154. The molecule has 0 aliphatic heterocycles. The standard InChI is InChI=1S/C13H23NO5S/c1-14(7-8-20(2,18)19)11(15)9-13(10-12(16)17)5-3-4-6-13/h3-10H2,1-2H3,(H,16,17). The van der Waals surface area contributed by atoms with Gasteiger partial charge in [0.25, 0.3) is 0 Å². The predicted octanol–water partition coefficient (Wildman–Crippen LogP) is 0.915. The molecule has 0 aromatic heterocycles. The molecule has 0 aromatic carbocycles. The van der Waals surface area contributed by atoms with E-state index >= 15 is 0 Å². The maximum Gasteiger partial charge on any atom is 0.303 e. The number of hydrogen-bond donors (Lipinski definition) is 1. The van der Waals surface area contributed by atoms with E-state index in [-0.39, 0.29) is 31.0 Å². The molecule has 1 saturated carbocycles.